The monoisotopic (exact) mass is 426 g/mol. The first-order valence-electron chi connectivity index (χ1n) is 9.30. The Morgan fingerprint density at radius 1 is 1.03 bits per heavy atom. The number of aromatic nitrogens is 3. The van der Waals surface area contributed by atoms with Crippen LogP contribution in [-0.2, 0) is 11.3 Å². The zero-order valence-corrected chi connectivity index (χ0v) is 18.0. The van der Waals surface area contributed by atoms with Crippen LogP contribution in [0.2, 0.25) is 5.02 Å². The zero-order valence-electron chi connectivity index (χ0n) is 17.2. The van der Waals surface area contributed by atoms with Crippen LogP contribution in [-0.4, -0.2) is 26.8 Å². The highest BCUT2D eigenvalue weighted by molar-refractivity contribution is 6.31. The molecule has 0 spiro atoms. The van der Waals surface area contributed by atoms with E-state index in [1.165, 1.54) is 4.68 Å². The lowest BCUT2D eigenvalue weighted by molar-refractivity contribution is -0.116. The molecule has 8 nitrogen and oxygen atoms in total. The van der Waals surface area contributed by atoms with Gasteiger partial charge >= 0.3 is 0 Å². The van der Waals surface area contributed by atoms with Gasteiger partial charge in [0.2, 0.25) is 5.91 Å². The molecule has 1 aromatic heterocycles. The molecule has 2 amide bonds. The van der Waals surface area contributed by atoms with E-state index in [2.05, 4.69) is 20.9 Å². The molecule has 2 aromatic carbocycles. The van der Waals surface area contributed by atoms with Crippen molar-refractivity contribution in [3.63, 3.8) is 0 Å². The van der Waals surface area contributed by atoms with Gasteiger partial charge in [0.05, 0.1) is 0 Å². The molecule has 3 rings (SSSR count). The van der Waals surface area contributed by atoms with Crippen LogP contribution in [0.3, 0.4) is 0 Å². The molecule has 1 heterocycles. The number of carbonyl (C=O) groups is 2. The maximum absolute atomic E-state index is 12.6. The molecule has 0 saturated heterocycles. The van der Waals surface area contributed by atoms with Gasteiger partial charge in [-0.15, -0.1) is 5.10 Å². The molecule has 0 aliphatic carbocycles. The Morgan fingerprint density at radius 2 is 1.70 bits per heavy atom. The topological polar surface area (TPSA) is 115 Å². The number of hydrogen-bond donors (Lipinski definition) is 3. The lowest BCUT2D eigenvalue weighted by Gasteiger charge is -2.13. The van der Waals surface area contributed by atoms with Gasteiger partial charge in [-0.2, -0.15) is 0 Å². The summed E-state index contributed by atoms with van der Waals surface area (Å²) in [6.07, 6.45) is 0. The Bertz CT molecular complexity index is 1120. The van der Waals surface area contributed by atoms with Gasteiger partial charge < -0.3 is 16.4 Å². The summed E-state index contributed by atoms with van der Waals surface area (Å²) in [5.74, 6) is -0.853. The fourth-order valence-corrected chi connectivity index (χ4v) is 3.37. The van der Waals surface area contributed by atoms with Crippen molar-refractivity contribution in [3.05, 3.63) is 63.3 Å². The first-order chi connectivity index (χ1) is 14.2. The number of halogens is 1. The molecular formula is C21H23ClN6O2. The molecule has 4 N–H and O–H groups in total. The number of benzene rings is 2. The third-order valence-electron chi connectivity index (χ3n) is 4.67. The van der Waals surface area contributed by atoms with Crippen LogP contribution in [0.25, 0.3) is 0 Å². The molecule has 0 unspecified atom stereocenters. The van der Waals surface area contributed by atoms with Crippen molar-refractivity contribution >= 4 is 40.6 Å². The van der Waals surface area contributed by atoms with Crippen molar-refractivity contribution in [2.24, 2.45) is 0 Å². The number of nitrogens with zero attached hydrogens (tertiary/aromatic N) is 3. The molecule has 0 fully saturated rings. The molecule has 30 heavy (non-hydrogen) atoms. The van der Waals surface area contributed by atoms with E-state index in [0.29, 0.717) is 10.7 Å². The van der Waals surface area contributed by atoms with Crippen molar-refractivity contribution in [2.75, 3.05) is 16.4 Å². The quantitative estimate of drug-likeness (QED) is 0.576. The largest absolute Gasteiger partial charge is 0.382 e. The molecule has 156 valence electrons. The van der Waals surface area contributed by atoms with Crippen LogP contribution in [0.5, 0.6) is 0 Å². The average Bonchev–Trinajstić information content (AvgIpc) is 3.01. The number of rotatable bonds is 5. The molecule has 3 aromatic rings. The summed E-state index contributed by atoms with van der Waals surface area (Å²) >= 11 is 5.98. The number of carbonyl (C=O) groups excluding carboxylic acids is 2. The van der Waals surface area contributed by atoms with E-state index in [9.17, 15) is 9.59 Å². The Morgan fingerprint density at radius 3 is 2.37 bits per heavy atom. The van der Waals surface area contributed by atoms with Gasteiger partial charge in [0.15, 0.2) is 11.5 Å². The summed E-state index contributed by atoms with van der Waals surface area (Å²) < 4.78 is 1.19. The smallest absolute Gasteiger partial charge is 0.280 e. The van der Waals surface area contributed by atoms with E-state index in [1.54, 1.807) is 18.2 Å². The highest BCUT2D eigenvalue weighted by atomic mass is 35.5. The van der Waals surface area contributed by atoms with E-state index in [-0.39, 0.29) is 24.0 Å². The van der Waals surface area contributed by atoms with E-state index in [4.69, 9.17) is 17.3 Å². The number of hydrogen-bond acceptors (Lipinski definition) is 5. The lowest BCUT2D eigenvalue weighted by atomic mass is 10.1. The molecule has 0 atom stereocenters. The number of amides is 2. The van der Waals surface area contributed by atoms with Crippen LogP contribution >= 0.6 is 11.6 Å². The molecule has 9 heteroatoms. The number of nitrogens with one attached hydrogen (secondary N) is 2. The van der Waals surface area contributed by atoms with Crippen LogP contribution in [0, 0.1) is 27.7 Å². The maximum Gasteiger partial charge on any atom is 0.280 e. The van der Waals surface area contributed by atoms with Crippen LogP contribution in [0.1, 0.15) is 32.7 Å². The predicted molar refractivity (Wildman–Crippen MR) is 118 cm³/mol. The second-order valence-corrected chi connectivity index (χ2v) is 7.65. The van der Waals surface area contributed by atoms with Crippen LogP contribution < -0.4 is 16.4 Å². The van der Waals surface area contributed by atoms with E-state index in [0.717, 1.165) is 27.9 Å². The minimum atomic E-state index is -0.533. The zero-order chi connectivity index (χ0) is 22.0. The van der Waals surface area contributed by atoms with Crippen molar-refractivity contribution in [2.45, 2.75) is 34.2 Å². The number of anilines is 3. The normalized spacial score (nSPS) is 10.7. The Kier molecular flexibility index (Phi) is 6.07. The number of nitrogens with two attached hydrogens (primary N) is 1. The molecule has 0 bridgehead atoms. The van der Waals surface area contributed by atoms with Gasteiger partial charge in [0.1, 0.15) is 6.54 Å². The third-order valence-corrected chi connectivity index (χ3v) is 4.91. The standard InChI is InChI=1S/C21H23ClN6O2/c1-11-7-13(3)18(14(4)8-11)25-17(29)10-28-20(23)19(26-27-28)21(30)24-16-9-15(22)6-5-12(16)2/h5-9H,10,23H2,1-4H3,(H,24,30)(H,25,29). The van der Waals surface area contributed by atoms with E-state index >= 15 is 0 Å². The minimum Gasteiger partial charge on any atom is -0.382 e. The second kappa shape index (κ2) is 8.54. The lowest BCUT2D eigenvalue weighted by Crippen LogP contribution is -2.22. The molecule has 0 radical (unpaired) electrons. The third kappa shape index (κ3) is 4.60. The summed E-state index contributed by atoms with van der Waals surface area (Å²) in [4.78, 5) is 25.1. The summed E-state index contributed by atoms with van der Waals surface area (Å²) in [7, 11) is 0. The first-order valence-corrected chi connectivity index (χ1v) is 9.67. The summed E-state index contributed by atoms with van der Waals surface area (Å²) in [5, 5.41) is 13.8. The highest BCUT2D eigenvalue weighted by Crippen LogP contribution is 2.23. The SMILES string of the molecule is Cc1cc(C)c(NC(=O)Cn2nnc(C(=O)Nc3cc(Cl)ccc3C)c2N)c(C)c1. The van der Waals surface area contributed by atoms with Gasteiger partial charge in [-0.3, -0.25) is 9.59 Å². The summed E-state index contributed by atoms with van der Waals surface area (Å²) in [5.41, 5.74) is 11.1. The van der Waals surface area contributed by atoms with Crippen molar-refractivity contribution in [3.8, 4) is 0 Å². The van der Waals surface area contributed by atoms with Crippen molar-refractivity contribution < 1.29 is 9.59 Å². The summed E-state index contributed by atoms with van der Waals surface area (Å²) in [6.45, 7) is 7.53. The Hall–Kier alpha value is -3.39. The predicted octanol–water partition coefficient (Wildman–Crippen LogP) is 3.64. The van der Waals surface area contributed by atoms with Gasteiger partial charge in [0.25, 0.3) is 5.91 Å². The van der Waals surface area contributed by atoms with Gasteiger partial charge in [-0.05, 0) is 56.5 Å². The number of aryl methyl sites for hydroxylation is 4. The Labute approximate surface area is 179 Å². The molecule has 0 aliphatic rings. The van der Waals surface area contributed by atoms with Gasteiger partial charge in [0, 0.05) is 16.4 Å². The maximum atomic E-state index is 12.6. The molecule has 0 saturated carbocycles. The minimum absolute atomic E-state index is 0.000295. The fraction of sp³-hybridized carbons (Fsp3) is 0.238. The van der Waals surface area contributed by atoms with E-state index in [1.807, 2.05) is 39.8 Å². The first kappa shape index (κ1) is 21.3. The second-order valence-electron chi connectivity index (χ2n) is 7.22. The summed E-state index contributed by atoms with van der Waals surface area (Å²) in [6, 6.07) is 9.14. The molecule has 0 aliphatic heterocycles. The number of nitrogen functional groups attached to an aromatic ring is 1. The highest BCUT2D eigenvalue weighted by Gasteiger charge is 2.20. The fourth-order valence-electron chi connectivity index (χ4n) is 3.20. The van der Waals surface area contributed by atoms with Crippen molar-refractivity contribution in [1.29, 1.82) is 0 Å². The van der Waals surface area contributed by atoms with Crippen LogP contribution in [0.4, 0.5) is 17.2 Å². The van der Waals surface area contributed by atoms with Gasteiger partial charge in [-0.25, -0.2) is 4.68 Å². The van der Waals surface area contributed by atoms with Crippen LogP contribution in [0.15, 0.2) is 30.3 Å². The average molecular weight is 427 g/mol. The van der Waals surface area contributed by atoms with Crippen molar-refractivity contribution in [1.82, 2.24) is 15.0 Å². The Balaban J connectivity index is 1.73. The van der Waals surface area contributed by atoms with Gasteiger partial charge in [-0.1, -0.05) is 40.6 Å². The van der Waals surface area contributed by atoms with E-state index < -0.39 is 5.91 Å². The molecular weight excluding hydrogens is 404 g/mol.